The molecule has 0 amide bonds. The number of halogens is 3. The number of alkyl halides is 3. The van der Waals surface area contributed by atoms with Gasteiger partial charge in [-0.15, -0.1) is 0 Å². The molecular formula is C14H12F3N5O2. The van der Waals surface area contributed by atoms with Crippen LogP contribution in [0.5, 0.6) is 0 Å². The number of rotatable bonds is 2. The molecule has 0 aliphatic heterocycles. The minimum Gasteiger partial charge on any atom is -0.308 e. The first-order chi connectivity index (χ1) is 11.2. The van der Waals surface area contributed by atoms with Gasteiger partial charge in [0.05, 0.1) is 18.3 Å². The van der Waals surface area contributed by atoms with E-state index in [2.05, 4.69) is 15.1 Å². The summed E-state index contributed by atoms with van der Waals surface area (Å²) in [5.41, 5.74) is -1.88. The molecule has 0 bridgehead atoms. The third kappa shape index (κ3) is 2.70. The molecule has 0 saturated carbocycles. The Hall–Kier alpha value is -2.91. The lowest BCUT2D eigenvalue weighted by atomic mass is 10.1. The number of hydrogen-bond donors (Lipinski definition) is 1. The van der Waals surface area contributed by atoms with E-state index in [1.165, 1.54) is 17.8 Å². The number of hydrogen-bond acceptors (Lipinski definition) is 4. The van der Waals surface area contributed by atoms with Gasteiger partial charge in [-0.25, -0.2) is 4.98 Å². The SMILES string of the molecule is Cc1cc(=O)n(Cc2nc3c(cnn3C)c(=O)[nH]2)cc1C(F)(F)F. The van der Waals surface area contributed by atoms with E-state index in [-0.39, 0.29) is 29.0 Å². The number of H-pyrrole nitrogens is 1. The van der Waals surface area contributed by atoms with E-state index < -0.39 is 22.9 Å². The Balaban J connectivity index is 2.10. The molecule has 0 aliphatic carbocycles. The van der Waals surface area contributed by atoms with Crippen molar-refractivity contribution in [2.75, 3.05) is 0 Å². The van der Waals surface area contributed by atoms with Gasteiger partial charge in [-0.1, -0.05) is 0 Å². The minimum atomic E-state index is -4.58. The van der Waals surface area contributed by atoms with Crippen LogP contribution in [-0.2, 0) is 19.8 Å². The lowest BCUT2D eigenvalue weighted by Crippen LogP contribution is -2.25. The Kier molecular flexibility index (Phi) is 3.54. The number of pyridine rings is 1. The maximum atomic E-state index is 13.0. The molecule has 1 N–H and O–H groups in total. The lowest BCUT2D eigenvalue weighted by molar-refractivity contribution is -0.138. The molecule has 3 heterocycles. The normalized spacial score (nSPS) is 12.0. The number of aromatic amines is 1. The maximum Gasteiger partial charge on any atom is 0.418 e. The highest BCUT2D eigenvalue weighted by Crippen LogP contribution is 2.30. The number of nitrogens with one attached hydrogen (secondary N) is 1. The molecule has 126 valence electrons. The Morgan fingerprint density at radius 3 is 2.67 bits per heavy atom. The topological polar surface area (TPSA) is 85.6 Å². The second-order valence-electron chi connectivity index (χ2n) is 5.35. The second-order valence-corrected chi connectivity index (χ2v) is 5.35. The third-order valence-corrected chi connectivity index (χ3v) is 3.61. The van der Waals surface area contributed by atoms with Gasteiger partial charge in [0.15, 0.2) is 5.65 Å². The van der Waals surface area contributed by atoms with E-state index in [0.29, 0.717) is 0 Å². The maximum absolute atomic E-state index is 13.0. The zero-order valence-corrected chi connectivity index (χ0v) is 12.7. The quantitative estimate of drug-likeness (QED) is 0.760. The largest absolute Gasteiger partial charge is 0.418 e. The average Bonchev–Trinajstić information content (AvgIpc) is 2.83. The van der Waals surface area contributed by atoms with E-state index in [9.17, 15) is 22.8 Å². The van der Waals surface area contributed by atoms with Gasteiger partial charge in [0.2, 0.25) is 0 Å². The van der Waals surface area contributed by atoms with Gasteiger partial charge in [0.25, 0.3) is 11.1 Å². The molecule has 24 heavy (non-hydrogen) atoms. The summed E-state index contributed by atoms with van der Waals surface area (Å²) >= 11 is 0. The molecular weight excluding hydrogens is 327 g/mol. The van der Waals surface area contributed by atoms with Gasteiger partial charge in [-0.2, -0.15) is 18.3 Å². The zero-order chi connectivity index (χ0) is 17.6. The van der Waals surface area contributed by atoms with Crippen molar-refractivity contribution in [2.24, 2.45) is 7.05 Å². The molecule has 3 aromatic rings. The van der Waals surface area contributed by atoms with Gasteiger partial charge in [-0.05, 0) is 12.5 Å². The van der Waals surface area contributed by atoms with Crippen molar-refractivity contribution < 1.29 is 13.2 Å². The summed E-state index contributed by atoms with van der Waals surface area (Å²) in [4.78, 5) is 30.5. The van der Waals surface area contributed by atoms with Gasteiger partial charge in [0, 0.05) is 19.3 Å². The van der Waals surface area contributed by atoms with Crippen LogP contribution in [0.3, 0.4) is 0 Å². The predicted molar refractivity (Wildman–Crippen MR) is 78.7 cm³/mol. The molecule has 0 spiro atoms. The molecule has 10 heteroatoms. The fourth-order valence-electron chi connectivity index (χ4n) is 2.40. The highest BCUT2D eigenvalue weighted by atomic mass is 19.4. The van der Waals surface area contributed by atoms with Crippen molar-refractivity contribution in [3.05, 3.63) is 56.1 Å². The van der Waals surface area contributed by atoms with E-state index in [4.69, 9.17) is 0 Å². The van der Waals surface area contributed by atoms with Gasteiger partial charge in [0.1, 0.15) is 11.2 Å². The fourth-order valence-corrected chi connectivity index (χ4v) is 2.40. The third-order valence-electron chi connectivity index (χ3n) is 3.61. The molecule has 0 aliphatic rings. The monoisotopic (exact) mass is 339 g/mol. The van der Waals surface area contributed by atoms with Crippen molar-refractivity contribution in [3.63, 3.8) is 0 Å². The Labute approximate surface area is 132 Å². The molecule has 3 aromatic heterocycles. The highest BCUT2D eigenvalue weighted by molar-refractivity contribution is 5.72. The Morgan fingerprint density at radius 2 is 2.00 bits per heavy atom. The summed E-state index contributed by atoms with van der Waals surface area (Å²) in [5.74, 6) is 0.0650. The van der Waals surface area contributed by atoms with Crippen molar-refractivity contribution >= 4 is 11.0 Å². The van der Waals surface area contributed by atoms with Crippen LogP contribution in [0.15, 0.2) is 28.0 Å². The van der Waals surface area contributed by atoms with E-state index in [0.717, 1.165) is 16.8 Å². The first kappa shape index (κ1) is 16.0. The standard InChI is InChI=1S/C14H12F3N5O2/c1-7-3-11(23)22(5-9(7)14(15,16)17)6-10-19-12-8(13(24)20-10)4-18-21(12)2/h3-5H,6H2,1-2H3,(H,19,20,24). The van der Waals surface area contributed by atoms with E-state index in [1.54, 1.807) is 7.05 Å². The van der Waals surface area contributed by atoms with Crippen LogP contribution < -0.4 is 11.1 Å². The minimum absolute atomic E-state index is 0.0650. The van der Waals surface area contributed by atoms with Crippen LogP contribution in [0, 0.1) is 6.92 Å². The van der Waals surface area contributed by atoms with Gasteiger partial charge in [-0.3, -0.25) is 14.3 Å². The van der Waals surface area contributed by atoms with Crippen LogP contribution >= 0.6 is 0 Å². The van der Waals surface area contributed by atoms with Crippen LogP contribution in [0.25, 0.3) is 11.0 Å². The summed E-state index contributed by atoms with van der Waals surface area (Å²) in [5, 5.41) is 4.16. The number of fused-ring (bicyclic) bond motifs is 1. The van der Waals surface area contributed by atoms with Gasteiger partial charge >= 0.3 is 6.18 Å². The van der Waals surface area contributed by atoms with Crippen LogP contribution in [0.2, 0.25) is 0 Å². The average molecular weight is 339 g/mol. The van der Waals surface area contributed by atoms with Crippen LogP contribution in [0.4, 0.5) is 13.2 Å². The zero-order valence-electron chi connectivity index (χ0n) is 12.7. The molecule has 0 saturated heterocycles. The summed E-state index contributed by atoms with van der Waals surface area (Å²) in [6.45, 7) is 0.926. The first-order valence-corrected chi connectivity index (χ1v) is 6.86. The fraction of sp³-hybridized carbons (Fsp3) is 0.286. The van der Waals surface area contributed by atoms with E-state index >= 15 is 0 Å². The molecule has 3 rings (SSSR count). The smallest absolute Gasteiger partial charge is 0.308 e. The number of aromatic nitrogens is 5. The number of nitrogens with zero attached hydrogens (tertiary/aromatic N) is 4. The molecule has 0 atom stereocenters. The predicted octanol–water partition coefficient (Wildman–Crippen LogP) is 1.19. The first-order valence-electron chi connectivity index (χ1n) is 6.86. The summed E-state index contributed by atoms with van der Waals surface area (Å²) in [6.07, 6.45) is -2.51. The van der Waals surface area contributed by atoms with Crippen LogP contribution in [-0.4, -0.2) is 24.3 Å². The molecule has 0 radical (unpaired) electrons. The van der Waals surface area contributed by atoms with Gasteiger partial charge < -0.3 is 9.55 Å². The summed E-state index contributed by atoms with van der Waals surface area (Å²) < 4.78 is 41.2. The van der Waals surface area contributed by atoms with E-state index in [1.807, 2.05) is 0 Å². The Bertz CT molecular complexity index is 1050. The summed E-state index contributed by atoms with van der Waals surface area (Å²) in [7, 11) is 1.58. The molecule has 0 unspecified atom stereocenters. The Morgan fingerprint density at radius 1 is 1.29 bits per heavy atom. The highest BCUT2D eigenvalue weighted by Gasteiger charge is 2.33. The van der Waals surface area contributed by atoms with Crippen LogP contribution in [0.1, 0.15) is 17.0 Å². The summed E-state index contributed by atoms with van der Waals surface area (Å²) in [6, 6.07) is 0.906. The number of aryl methyl sites for hydroxylation is 2. The van der Waals surface area contributed by atoms with Crippen molar-refractivity contribution in [2.45, 2.75) is 19.6 Å². The second kappa shape index (κ2) is 5.32. The van der Waals surface area contributed by atoms with Crippen molar-refractivity contribution in [1.82, 2.24) is 24.3 Å². The van der Waals surface area contributed by atoms with Crippen molar-refractivity contribution in [1.29, 1.82) is 0 Å². The molecule has 0 fully saturated rings. The molecule has 0 aromatic carbocycles. The molecule has 7 nitrogen and oxygen atoms in total. The van der Waals surface area contributed by atoms with Crippen molar-refractivity contribution in [3.8, 4) is 0 Å². The lowest BCUT2D eigenvalue weighted by Gasteiger charge is -2.13.